The van der Waals surface area contributed by atoms with Crippen molar-refractivity contribution in [2.75, 3.05) is 13.7 Å². The second kappa shape index (κ2) is 10.1. The summed E-state index contributed by atoms with van der Waals surface area (Å²) < 4.78 is 7.22. The molecule has 0 aliphatic heterocycles. The van der Waals surface area contributed by atoms with Crippen LogP contribution in [0.1, 0.15) is 27.7 Å². The quantitative estimate of drug-likeness (QED) is 0.655. The molecule has 0 bridgehead atoms. The van der Waals surface area contributed by atoms with Crippen LogP contribution < -0.4 is 15.4 Å². The van der Waals surface area contributed by atoms with Gasteiger partial charge in [0.05, 0.1) is 12.4 Å². The molecule has 0 spiro atoms. The fraction of sp³-hybridized carbons (Fsp3) is 0.474. The van der Waals surface area contributed by atoms with Gasteiger partial charge in [0.15, 0.2) is 11.0 Å². The molecule has 2 aromatic rings. The number of hydrogen-bond donors (Lipinski definition) is 2. The number of urea groups is 1. The van der Waals surface area contributed by atoms with Crippen LogP contribution in [0.3, 0.4) is 0 Å². The molecule has 1 heterocycles. The van der Waals surface area contributed by atoms with E-state index in [1.165, 1.54) is 11.8 Å². The Balaban J connectivity index is 2.22. The molecule has 28 heavy (non-hydrogen) atoms. The molecular weight excluding hydrogens is 378 g/mol. The molecule has 1 aromatic carbocycles. The fourth-order valence-corrected chi connectivity index (χ4v) is 3.35. The van der Waals surface area contributed by atoms with Crippen LogP contribution in [0.25, 0.3) is 11.4 Å². The van der Waals surface area contributed by atoms with E-state index >= 15 is 0 Å². The predicted octanol–water partition coefficient (Wildman–Crippen LogP) is 2.94. The molecule has 1 atom stereocenters. The van der Waals surface area contributed by atoms with E-state index in [1.54, 1.807) is 21.0 Å². The summed E-state index contributed by atoms with van der Waals surface area (Å²) in [6.07, 6.45) is 0. The third-order valence-corrected chi connectivity index (χ3v) is 4.92. The van der Waals surface area contributed by atoms with E-state index < -0.39 is 11.3 Å². The minimum Gasteiger partial charge on any atom is -0.497 e. The summed E-state index contributed by atoms with van der Waals surface area (Å²) in [7, 11) is 1.62. The van der Waals surface area contributed by atoms with Crippen molar-refractivity contribution in [2.45, 2.75) is 44.6 Å². The number of nitrogens with zero attached hydrogens (tertiary/aromatic N) is 3. The van der Waals surface area contributed by atoms with Gasteiger partial charge in [-0.05, 0) is 44.0 Å². The molecule has 0 aliphatic carbocycles. The van der Waals surface area contributed by atoms with Crippen LogP contribution in [0, 0.1) is 5.92 Å². The summed E-state index contributed by atoms with van der Waals surface area (Å²) >= 11 is 1.28. The molecule has 152 valence electrons. The standard InChI is InChI=1S/C19H27N5O3S/c1-6-20-18(26)21-17(25)13(4)28-19-23-22-16(24(19)11-12(2)3)14-7-9-15(27-5)10-8-14/h7-10,12-13H,6,11H2,1-5H3,(H2,20,21,25,26). The molecule has 0 aliphatic rings. The number of carbonyl (C=O) groups excluding carboxylic acids is 2. The predicted molar refractivity (Wildman–Crippen MR) is 109 cm³/mol. The van der Waals surface area contributed by atoms with Crippen molar-refractivity contribution in [3.05, 3.63) is 24.3 Å². The second-order valence-corrected chi connectivity index (χ2v) is 7.96. The SMILES string of the molecule is CCNC(=O)NC(=O)C(C)Sc1nnc(-c2ccc(OC)cc2)n1CC(C)C. The van der Waals surface area contributed by atoms with Gasteiger partial charge in [0.2, 0.25) is 5.91 Å². The first-order chi connectivity index (χ1) is 13.3. The van der Waals surface area contributed by atoms with E-state index in [1.807, 2.05) is 28.8 Å². The maximum absolute atomic E-state index is 12.2. The van der Waals surface area contributed by atoms with Crippen LogP contribution in [0.4, 0.5) is 4.79 Å². The van der Waals surface area contributed by atoms with Crippen molar-refractivity contribution in [1.82, 2.24) is 25.4 Å². The minimum atomic E-state index is -0.499. The van der Waals surface area contributed by atoms with E-state index in [2.05, 4.69) is 34.7 Å². The fourth-order valence-electron chi connectivity index (χ4n) is 2.49. The molecule has 0 fully saturated rings. The highest BCUT2D eigenvalue weighted by Gasteiger charge is 2.22. The van der Waals surface area contributed by atoms with Gasteiger partial charge in [-0.15, -0.1) is 10.2 Å². The Kier molecular flexibility index (Phi) is 7.86. The average molecular weight is 406 g/mol. The molecule has 8 nitrogen and oxygen atoms in total. The Morgan fingerprint density at radius 2 is 1.86 bits per heavy atom. The molecule has 3 amide bonds. The van der Waals surface area contributed by atoms with E-state index in [9.17, 15) is 9.59 Å². The van der Waals surface area contributed by atoms with Gasteiger partial charge in [-0.25, -0.2) is 4.79 Å². The lowest BCUT2D eigenvalue weighted by atomic mass is 10.2. The number of aromatic nitrogens is 3. The molecule has 0 saturated heterocycles. The topological polar surface area (TPSA) is 98.1 Å². The summed E-state index contributed by atoms with van der Waals surface area (Å²) in [5.74, 6) is 1.49. The Bertz CT molecular complexity index is 804. The number of ether oxygens (including phenoxy) is 1. The summed E-state index contributed by atoms with van der Waals surface area (Å²) in [6, 6.07) is 7.11. The normalized spacial score (nSPS) is 11.9. The first-order valence-corrected chi connectivity index (χ1v) is 10.1. The van der Waals surface area contributed by atoms with Gasteiger partial charge < -0.3 is 14.6 Å². The van der Waals surface area contributed by atoms with Gasteiger partial charge in [0.1, 0.15) is 5.75 Å². The van der Waals surface area contributed by atoms with E-state index in [0.29, 0.717) is 24.2 Å². The Hall–Kier alpha value is -2.55. The number of rotatable bonds is 8. The van der Waals surface area contributed by atoms with Gasteiger partial charge >= 0.3 is 6.03 Å². The lowest BCUT2D eigenvalue weighted by molar-refractivity contribution is -0.119. The van der Waals surface area contributed by atoms with Crippen molar-refractivity contribution in [2.24, 2.45) is 5.92 Å². The van der Waals surface area contributed by atoms with Gasteiger partial charge in [-0.2, -0.15) is 0 Å². The lowest BCUT2D eigenvalue weighted by Gasteiger charge is -2.15. The van der Waals surface area contributed by atoms with Crippen LogP contribution in [-0.2, 0) is 11.3 Å². The summed E-state index contributed by atoms with van der Waals surface area (Å²) in [4.78, 5) is 23.8. The van der Waals surface area contributed by atoms with Crippen molar-refractivity contribution in [3.8, 4) is 17.1 Å². The van der Waals surface area contributed by atoms with Crippen LogP contribution in [-0.4, -0.2) is 45.6 Å². The molecule has 9 heteroatoms. The second-order valence-electron chi connectivity index (χ2n) is 6.65. The van der Waals surface area contributed by atoms with Crippen molar-refractivity contribution in [1.29, 1.82) is 0 Å². The first-order valence-electron chi connectivity index (χ1n) is 9.18. The van der Waals surface area contributed by atoms with Gasteiger partial charge in [0, 0.05) is 18.7 Å². The van der Waals surface area contributed by atoms with Crippen LogP contribution in [0.2, 0.25) is 0 Å². The van der Waals surface area contributed by atoms with Crippen LogP contribution in [0.15, 0.2) is 29.4 Å². The first kappa shape index (κ1) is 21.7. The number of methoxy groups -OCH3 is 1. The third kappa shape index (κ3) is 5.72. The number of benzene rings is 1. The Morgan fingerprint density at radius 1 is 1.18 bits per heavy atom. The summed E-state index contributed by atoms with van der Waals surface area (Å²) in [5, 5.41) is 13.6. The van der Waals surface area contributed by atoms with Crippen molar-refractivity contribution in [3.63, 3.8) is 0 Å². The maximum Gasteiger partial charge on any atom is 0.321 e. The molecule has 1 aromatic heterocycles. The van der Waals surface area contributed by atoms with Gasteiger partial charge in [0.25, 0.3) is 0 Å². The van der Waals surface area contributed by atoms with E-state index in [4.69, 9.17) is 4.74 Å². The summed E-state index contributed by atoms with van der Waals surface area (Å²) in [5.41, 5.74) is 0.917. The van der Waals surface area contributed by atoms with Crippen LogP contribution in [0.5, 0.6) is 5.75 Å². The average Bonchev–Trinajstić information content (AvgIpc) is 3.03. The molecule has 2 rings (SSSR count). The molecule has 1 unspecified atom stereocenters. The zero-order chi connectivity index (χ0) is 20.7. The number of hydrogen-bond acceptors (Lipinski definition) is 6. The number of nitrogens with one attached hydrogen (secondary N) is 2. The van der Waals surface area contributed by atoms with E-state index in [0.717, 1.165) is 17.1 Å². The zero-order valence-electron chi connectivity index (χ0n) is 16.9. The van der Waals surface area contributed by atoms with Crippen molar-refractivity contribution >= 4 is 23.7 Å². The molecular formula is C19H27N5O3S. The molecule has 0 radical (unpaired) electrons. The van der Waals surface area contributed by atoms with Gasteiger partial charge in [-0.1, -0.05) is 25.6 Å². The van der Waals surface area contributed by atoms with Crippen LogP contribution >= 0.6 is 11.8 Å². The Morgan fingerprint density at radius 3 is 2.43 bits per heavy atom. The third-order valence-electron chi connectivity index (χ3n) is 3.84. The number of amides is 3. The lowest BCUT2D eigenvalue weighted by Crippen LogP contribution is -2.42. The smallest absolute Gasteiger partial charge is 0.321 e. The number of thioether (sulfide) groups is 1. The number of imide groups is 1. The number of carbonyl (C=O) groups is 2. The largest absolute Gasteiger partial charge is 0.497 e. The Labute approximate surface area is 169 Å². The zero-order valence-corrected chi connectivity index (χ0v) is 17.7. The highest BCUT2D eigenvalue weighted by Crippen LogP contribution is 2.28. The highest BCUT2D eigenvalue weighted by atomic mass is 32.2. The molecule has 2 N–H and O–H groups in total. The van der Waals surface area contributed by atoms with Gasteiger partial charge in [-0.3, -0.25) is 10.1 Å². The molecule has 0 saturated carbocycles. The van der Waals surface area contributed by atoms with Crippen molar-refractivity contribution < 1.29 is 14.3 Å². The highest BCUT2D eigenvalue weighted by molar-refractivity contribution is 8.00. The van der Waals surface area contributed by atoms with E-state index in [-0.39, 0.29) is 5.91 Å². The monoisotopic (exact) mass is 405 g/mol. The minimum absolute atomic E-state index is 0.367. The summed E-state index contributed by atoms with van der Waals surface area (Å²) in [6.45, 7) is 8.91. The maximum atomic E-state index is 12.2.